The number of hydrogen-bond donors (Lipinski definition) is 2. The summed E-state index contributed by atoms with van der Waals surface area (Å²) in [6.07, 6.45) is 4.91. The van der Waals surface area contributed by atoms with Crippen molar-refractivity contribution in [1.82, 2.24) is 10.3 Å². The molecule has 4 nitrogen and oxygen atoms in total. The Kier molecular flexibility index (Phi) is 4.72. The molecule has 2 heterocycles. The van der Waals surface area contributed by atoms with E-state index in [2.05, 4.69) is 24.1 Å². The van der Waals surface area contributed by atoms with Gasteiger partial charge in [0.05, 0.1) is 6.04 Å². The Morgan fingerprint density at radius 1 is 1.56 bits per heavy atom. The van der Waals surface area contributed by atoms with Crippen molar-refractivity contribution in [1.29, 1.82) is 0 Å². The number of hydrogen-bond acceptors (Lipinski definition) is 5. The Morgan fingerprint density at radius 2 is 2.28 bits per heavy atom. The van der Waals surface area contributed by atoms with Crippen molar-refractivity contribution in [3.05, 3.63) is 16.1 Å². The summed E-state index contributed by atoms with van der Waals surface area (Å²) < 4.78 is 5.36. The van der Waals surface area contributed by atoms with Crippen LogP contribution in [-0.4, -0.2) is 30.3 Å². The first-order chi connectivity index (χ1) is 8.63. The fraction of sp³-hybridized carbons (Fsp3) is 0.769. The molecule has 3 N–H and O–H groups in total. The average Bonchev–Trinajstić information content (AvgIpc) is 2.86. The maximum absolute atomic E-state index is 6.36. The second-order valence-electron chi connectivity index (χ2n) is 5.10. The molecule has 1 aromatic heterocycles. The number of nitrogens with zero attached hydrogens (tertiary/aromatic N) is 1. The van der Waals surface area contributed by atoms with Crippen molar-refractivity contribution in [3.8, 4) is 0 Å². The van der Waals surface area contributed by atoms with E-state index in [1.165, 1.54) is 4.88 Å². The summed E-state index contributed by atoms with van der Waals surface area (Å²) in [5.41, 5.74) is 6.24. The summed E-state index contributed by atoms with van der Waals surface area (Å²) in [6, 6.07) is 0.276. The van der Waals surface area contributed by atoms with Crippen LogP contribution in [0.25, 0.3) is 0 Å². The first kappa shape index (κ1) is 13.9. The van der Waals surface area contributed by atoms with Crippen molar-refractivity contribution in [3.63, 3.8) is 0 Å². The molecule has 1 aliphatic rings. The third kappa shape index (κ3) is 3.51. The third-order valence-corrected chi connectivity index (χ3v) is 4.86. The third-order valence-electron chi connectivity index (χ3n) is 3.54. The molecular weight excluding hydrogens is 246 g/mol. The number of nitrogens with two attached hydrogens (primary N) is 1. The summed E-state index contributed by atoms with van der Waals surface area (Å²) in [5.74, 6) is 0. The van der Waals surface area contributed by atoms with Gasteiger partial charge in [0.2, 0.25) is 0 Å². The first-order valence-corrected chi connectivity index (χ1v) is 7.49. The molecule has 0 amide bonds. The molecular formula is C13H23N3OS. The van der Waals surface area contributed by atoms with Gasteiger partial charge in [0.25, 0.3) is 0 Å². The molecule has 0 bridgehead atoms. The van der Waals surface area contributed by atoms with Crippen LogP contribution in [0.3, 0.4) is 0 Å². The molecule has 1 unspecified atom stereocenters. The predicted molar refractivity (Wildman–Crippen MR) is 74.9 cm³/mol. The van der Waals surface area contributed by atoms with Crippen molar-refractivity contribution in [2.24, 2.45) is 5.73 Å². The zero-order valence-corrected chi connectivity index (χ0v) is 12.1. The quantitative estimate of drug-likeness (QED) is 0.856. The molecule has 1 atom stereocenters. The Morgan fingerprint density at radius 3 is 2.89 bits per heavy atom. The summed E-state index contributed by atoms with van der Waals surface area (Å²) in [6.45, 7) is 6.71. The van der Waals surface area contributed by atoms with Gasteiger partial charge in [-0.1, -0.05) is 6.92 Å². The zero-order valence-electron chi connectivity index (χ0n) is 11.2. The minimum Gasteiger partial charge on any atom is -0.381 e. The van der Waals surface area contributed by atoms with E-state index in [4.69, 9.17) is 10.5 Å². The highest BCUT2D eigenvalue weighted by Crippen LogP contribution is 2.22. The zero-order chi connectivity index (χ0) is 13.0. The van der Waals surface area contributed by atoms with Crippen LogP contribution in [0.15, 0.2) is 6.20 Å². The Hall–Kier alpha value is -0.490. The fourth-order valence-corrected chi connectivity index (χ4v) is 2.97. The maximum Gasteiger partial charge on any atom is 0.109 e. The molecule has 1 saturated heterocycles. The van der Waals surface area contributed by atoms with Crippen molar-refractivity contribution in [2.75, 3.05) is 19.8 Å². The topological polar surface area (TPSA) is 60.2 Å². The molecule has 102 valence electrons. The van der Waals surface area contributed by atoms with E-state index >= 15 is 0 Å². The second-order valence-corrected chi connectivity index (χ2v) is 6.24. The lowest BCUT2D eigenvalue weighted by atomic mass is 9.91. The van der Waals surface area contributed by atoms with Gasteiger partial charge in [-0.3, -0.25) is 0 Å². The number of nitrogens with one attached hydrogen (secondary N) is 1. The van der Waals surface area contributed by atoms with Gasteiger partial charge in [-0.2, -0.15) is 0 Å². The van der Waals surface area contributed by atoms with E-state index in [1.54, 1.807) is 11.3 Å². The number of ether oxygens (including phenoxy) is 1. The van der Waals surface area contributed by atoms with E-state index in [1.807, 2.05) is 6.20 Å². The van der Waals surface area contributed by atoms with Crippen LogP contribution in [0.4, 0.5) is 0 Å². The van der Waals surface area contributed by atoms with Crippen LogP contribution < -0.4 is 11.1 Å². The molecule has 0 aliphatic carbocycles. The lowest BCUT2D eigenvalue weighted by molar-refractivity contribution is 0.0523. The van der Waals surface area contributed by atoms with E-state index in [-0.39, 0.29) is 11.6 Å². The maximum atomic E-state index is 6.36. The Balaban J connectivity index is 1.85. The molecule has 1 aromatic rings. The van der Waals surface area contributed by atoms with Crippen LogP contribution in [0, 0.1) is 0 Å². The van der Waals surface area contributed by atoms with Crippen molar-refractivity contribution < 1.29 is 4.74 Å². The van der Waals surface area contributed by atoms with Gasteiger partial charge < -0.3 is 15.8 Å². The van der Waals surface area contributed by atoms with Gasteiger partial charge >= 0.3 is 0 Å². The van der Waals surface area contributed by atoms with Gasteiger partial charge in [-0.25, -0.2) is 4.98 Å². The standard InChI is InChI=1S/C13H23N3OS/c1-3-11-8-15-12(18-11)10(2)16-9-13(14)4-6-17-7-5-13/h8,10,16H,3-7,9,14H2,1-2H3. The smallest absolute Gasteiger partial charge is 0.109 e. The second kappa shape index (κ2) is 6.10. The van der Waals surface area contributed by atoms with Crippen molar-refractivity contribution in [2.45, 2.75) is 44.7 Å². The number of aromatic nitrogens is 1. The number of aryl methyl sites for hydroxylation is 1. The lowest BCUT2D eigenvalue weighted by Gasteiger charge is -2.34. The molecule has 2 rings (SSSR count). The molecule has 5 heteroatoms. The van der Waals surface area contributed by atoms with Gasteiger partial charge in [-0.05, 0) is 26.2 Å². The lowest BCUT2D eigenvalue weighted by Crippen LogP contribution is -2.52. The van der Waals surface area contributed by atoms with E-state index < -0.39 is 0 Å². The van der Waals surface area contributed by atoms with Crippen LogP contribution in [0.5, 0.6) is 0 Å². The van der Waals surface area contributed by atoms with Crippen LogP contribution in [0.1, 0.15) is 42.6 Å². The molecule has 18 heavy (non-hydrogen) atoms. The molecule has 1 aliphatic heterocycles. The van der Waals surface area contributed by atoms with Crippen LogP contribution in [-0.2, 0) is 11.2 Å². The minimum absolute atomic E-state index is 0.114. The first-order valence-electron chi connectivity index (χ1n) is 6.67. The highest BCUT2D eigenvalue weighted by molar-refractivity contribution is 7.11. The molecule has 0 saturated carbocycles. The van der Waals surface area contributed by atoms with E-state index in [0.717, 1.165) is 44.0 Å². The number of thiazole rings is 1. The Labute approximate surface area is 113 Å². The summed E-state index contributed by atoms with van der Waals surface area (Å²) >= 11 is 1.79. The highest BCUT2D eigenvalue weighted by atomic mass is 32.1. The molecule has 0 aromatic carbocycles. The van der Waals surface area contributed by atoms with Gasteiger partial charge in [0.15, 0.2) is 0 Å². The minimum atomic E-state index is -0.114. The summed E-state index contributed by atoms with van der Waals surface area (Å²) in [4.78, 5) is 5.80. The average molecular weight is 269 g/mol. The largest absolute Gasteiger partial charge is 0.381 e. The molecule has 1 fully saturated rings. The monoisotopic (exact) mass is 269 g/mol. The van der Waals surface area contributed by atoms with Gasteiger partial charge in [0.1, 0.15) is 5.01 Å². The van der Waals surface area contributed by atoms with Crippen LogP contribution in [0.2, 0.25) is 0 Å². The normalized spacial score (nSPS) is 20.8. The van der Waals surface area contributed by atoms with Crippen LogP contribution >= 0.6 is 11.3 Å². The van der Waals surface area contributed by atoms with E-state index in [9.17, 15) is 0 Å². The molecule has 0 spiro atoms. The van der Waals surface area contributed by atoms with Crippen molar-refractivity contribution >= 4 is 11.3 Å². The van der Waals surface area contributed by atoms with Gasteiger partial charge in [0, 0.05) is 36.4 Å². The number of rotatable bonds is 5. The predicted octanol–water partition coefficient (Wildman–Crippen LogP) is 1.86. The van der Waals surface area contributed by atoms with E-state index in [0.29, 0.717) is 0 Å². The highest BCUT2D eigenvalue weighted by Gasteiger charge is 2.28. The summed E-state index contributed by atoms with van der Waals surface area (Å²) in [5, 5.41) is 4.67. The van der Waals surface area contributed by atoms with Gasteiger partial charge in [-0.15, -0.1) is 11.3 Å². The fourth-order valence-electron chi connectivity index (χ4n) is 2.08. The molecule has 0 radical (unpaired) electrons. The Bertz CT molecular complexity index is 374. The summed E-state index contributed by atoms with van der Waals surface area (Å²) in [7, 11) is 0. The SMILES string of the molecule is CCc1cnc(C(C)NCC2(N)CCOCC2)s1.